The van der Waals surface area contributed by atoms with Crippen molar-refractivity contribution in [2.45, 2.75) is 11.8 Å². The smallest absolute Gasteiger partial charge is 0.248 e. The number of nitrogens with one attached hydrogen (secondary N) is 1. The molecule has 5 nitrogen and oxygen atoms in total. The van der Waals surface area contributed by atoms with Crippen LogP contribution in [0.4, 0.5) is 5.69 Å². The Hall–Kier alpha value is -1.86. The summed E-state index contributed by atoms with van der Waals surface area (Å²) in [6.07, 6.45) is 2.75. The highest BCUT2D eigenvalue weighted by atomic mass is 35.5. The van der Waals surface area contributed by atoms with Crippen molar-refractivity contribution in [1.29, 1.82) is 0 Å². The zero-order chi connectivity index (χ0) is 17.9. The number of anilines is 1. The predicted octanol–water partition coefficient (Wildman–Crippen LogP) is 3.60. The van der Waals surface area contributed by atoms with Gasteiger partial charge in [-0.05, 0) is 42.8 Å². The Morgan fingerprint density at radius 2 is 1.79 bits per heavy atom. The fraction of sp³-hybridized carbons (Fsp3) is 0.0625. The lowest BCUT2D eigenvalue weighted by Gasteiger charge is -2.08. The van der Waals surface area contributed by atoms with E-state index in [4.69, 9.17) is 28.3 Å². The third-order valence-corrected chi connectivity index (χ3v) is 4.77. The van der Waals surface area contributed by atoms with Crippen molar-refractivity contribution in [2.24, 2.45) is 5.14 Å². The Labute approximate surface area is 150 Å². The Morgan fingerprint density at radius 1 is 1.17 bits per heavy atom. The predicted molar refractivity (Wildman–Crippen MR) is 96.7 cm³/mol. The van der Waals surface area contributed by atoms with Gasteiger partial charge in [0.25, 0.3) is 0 Å². The van der Waals surface area contributed by atoms with E-state index >= 15 is 0 Å². The monoisotopic (exact) mass is 384 g/mol. The molecule has 0 unspecified atom stereocenters. The van der Waals surface area contributed by atoms with Crippen molar-refractivity contribution in [3.05, 3.63) is 63.6 Å². The first kappa shape index (κ1) is 18.5. The maximum atomic E-state index is 12.1. The first-order chi connectivity index (χ1) is 11.2. The molecule has 0 aromatic heterocycles. The Balaban J connectivity index is 2.23. The van der Waals surface area contributed by atoms with Gasteiger partial charge < -0.3 is 5.32 Å². The molecule has 1 amide bonds. The summed E-state index contributed by atoms with van der Waals surface area (Å²) in [7, 11) is -3.85. The summed E-state index contributed by atoms with van der Waals surface area (Å²) >= 11 is 12.0. The second kappa shape index (κ2) is 7.36. The molecule has 24 heavy (non-hydrogen) atoms. The summed E-state index contributed by atoms with van der Waals surface area (Å²) in [6.45, 7) is 1.73. The number of sulfonamides is 1. The number of aryl methyl sites for hydroxylation is 1. The maximum absolute atomic E-state index is 12.1. The van der Waals surface area contributed by atoms with Crippen LogP contribution in [0.2, 0.25) is 10.0 Å². The molecule has 2 aromatic rings. The van der Waals surface area contributed by atoms with Gasteiger partial charge in [0.2, 0.25) is 15.9 Å². The van der Waals surface area contributed by atoms with Crippen LogP contribution in [-0.2, 0) is 14.8 Å². The van der Waals surface area contributed by atoms with Crippen molar-refractivity contribution < 1.29 is 13.2 Å². The van der Waals surface area contributed by atoms with E-state index in [0.29, 0.717) is 26.9 Å². The molecule has 2 rings (SSSR count). The van der Waals surface area contributed by atoms with E-state index in [2.05, 4.69) is 5.32 Å². The molecular weight excluding hydrogens is 371 g/mol. The molecule has 0 atom stereocenters. The van der Waals surface area contributed by atoms with E-state index < -0.39 is 15.9 Å². The highest BCUT2D eigenvalue weighted by molar-refractivity contribution is 7.89. The van der Waals surface area contributed by atoms with Gasteiger partial charge in [-0.1, -0.05) is 35.3 Å². The van der Waals surface area contributed by atoms with E-state index in [1.165, 1.54) is 24.3 Å². The van der Waals surface area contributed by atoms with Crippen LogP contribution < -0.4 is 10.5 Å². The van der Waals surface area contributed by atoms with E-state index in [9.17, 15) is 13.2 Å². The minimum atomic E-state index is -3.85. The zero-order valence-electron chi connectivity index (χ0n) is 12.6. The third-order valence-electron chi connectivity index (χ3n) is 3.20. The van der Waals surface area contributed by atoms with Gasteiger partial charge in [-0.25, -0.2) is 13.6 Å². The average molecular weight is 385 g/mol. The zero-order valence-corrected chi connectivity index (χ0v) is 14.9. The Bertz CT molecular complexity index is 905. The molecule has 0 heterocycles. The molecule has 0 fully saturated rings. The lowest BCUT2D eigenvalue weighted by atomic mass is 10.2. The van der Waals surface area contributed by atoms with Gasteiger partial charge in [-0.3, -0.25) is 4.79 Å². The van der Waals surface area contributed by atoms with E-state index in [1.54, 1.807) is 31.2 Å². The molecule has 0 saturated carbocycles. The third kappa shape index (κ3) is 4.58. The number of primary sulfonamides is 1. The number of carbonyl (C=O) groups is 1. The molecule has 3 N–H and O–H groups in total. The number of hydrogen-bond donors (Lipinski definition) is 2. The van der Waals surface area contributed by atoms with Gasteiger partial charge in [0.15, 0.2) is 0 Å². The summed E-state index contributed by atoms with van der Waals surface area (Å²) in [5, 5.41) is 8.52. The molecule has 2 aromatic carbocycles. The molecule has 126 valence electrons. The highest BCUT2D eigenvalue weighted by Crippen LogP contribution is 2.25. The summed E-state index contributed by atoms with van der Waals surface area (Å²) in [6, 6.07) is 9.25. The molecular formula is C16H14Cl2N2O3S. The van der Waals surface area contributed by atoms with E-state index in [-0.39, 0.29) is 4.90 Å². The van der Waals surface area contributed by atoms with Crippen molar-refractivity contribution in [3.63, 3.8) is 0 Å². The number of halogens is 2. The lowest BCUT2D eigenvalue weighted by Crippen LogP contribution is -2.14. The minimum Gasteiger partial charge on any atom is -0.322 e. The fourth-order valence-corrected chi connectivity index (χ4v) is 2.98. The van der Waals surface area contributed by atoms with Crippen LogP contribution in [0.25, 0.3) is 6.08 Å². The summed E-state index contributed by atoms with van der Waals surface area (Å²) in [4.78, 5) is 12.0. The van der Waals surface area contributed by atoms with Crippen LogP contribution in [-0.4, -0.2) is 14.3 Å². The standard InChI is InChI=1S/C16H14Cl2N2O3S/c1-10-5-6-11(24(19,22)23)9-15(10)20-16(21)8-7-12-13(17)3-2-4-14(12)18/h2-9H,1H3,(H,20,21)(H2,19,22,23)/b8-7-. The molecule has 0 bridgehead atoms. The van der Waals surface area contributed by atoms with Gasteiger partial charge in [0.1, 0.15) is 0 Å². The quantitative estimate of drug-likeness (QED) is 0.788. The van der Waals surface area contributed by atoms with E-state index in [1.807, 2.05) is 0 Å². The number of hydrogen-bond acceptors (Lipinski definition) is 3. The van der Waals surface area contributed by atoms with Gasteiger partial charge in [-0.15, -0.1) is 0 Å². The van der Waals surface area contributed by atoms with Crippen molar-refractivity contribution >= 4 is 50.9 Å². The van der Waals surface area contributed by atoms with Crippen LogP contribution >= 0.6 is 23.2 Å². The summed E-state index contributed by atoms with van der Waals surface area (Å²) in [5.74, 6) is -0.458. The molecule has 0 aliphatic carbocycles. The highest BCUT2D eigenvalue weighted by Gasteiger charge is 2.11. The van der Waals surface area contributed by atoms with Crippen molar-refractivity contribution in [3.8, 4) is 0 Å². The summed E-state index contributed by atoms with van der Waals surface area (Å²) in [5.41, 5.74) is 1.56. The van der Waals surface area contributed by atoms with Gasteiger partial charge in [-0.2, -0.15) is 0 Å². The number of benzene rings is 2. The maximum Gasteiger partial charge on any atom is 0.248 e. The van der Waals surface area contributed by atoms with Crippen molar-refractivity contribution in [2.75, 3.05) is 5.32 Å². The number of carbonyl (C=O) groups excluding carboxylic acids is 1. The summed E-state index contributed by atoms with van der Waals surface area (Å²) < 4.78 is 22.8. The second-order valence-electron chi connectivity index (χ2n) is 4.98. The van der Waals surface area contributed by atoms with Crippen LogP contribution in [0.15, 0.2) is 47.4 Å². The topological polar surface area (TPSA) is 89.3 Å². The first-order valence-electron chi connectivity index (χ1n) is 6.75. The number of amides is 1. The van der Waals surface area contributed by atoms with Crippen LogP contribution in [0.5, 0.6) is 0 Å². The van der Waals surface area contributed by atoms with Crippen LogP contribution in [0.1, 0.15) is 11.1 Å². The molecule has 8 heteroatoms. The molecule has 0 aliphatic rings. The second-order valence-corrected chi connectivity index (χ2v) is 7.36. The average Bonchev–Trinajstić information content (AvgIpc) is 2.48. The van der Waals surface area contributed by atoms with Crippen molar-refractivity contribution in [1.82, 2.24) is 0 Å². The van der Waals surface area contributed by atoms with Crippen LogP contribution in [0, 0.1) is 6.92 Å². The van der Waals surface area contributed by atoms with Gasteiger partial charge >= 0.3 is 0 Å². The van der Waals surface area contributed by atoms with Crippen LogP contribution in [0.3, 0.4) is 0 Å². The number of rotatable bonds is 4. The van der Waals surface area contributed by atoms with Gasteiger partial charge in [0.05, 0.1) is 4.90 Å². The number of nitrogens with two attached hydrogens (primary N) is 1. The molecule has 0 spiro atoms. The molecule has 0 saturated heterocycles. The fourth-order valence-electron chi connectivity index (χ4n) is 1.92. The Morgan fingerprint density at radius 3 is 2.38 bits per heavy atom. The lowest BCUT2D eigenvalue weighted by molar-refractivity contribution is -0.111. The molecule has 0 aliphatic heterocycles. The normalized spacial score (nSPS) is 11.7. The molecule has 0 radical (unpaired) electrons. The first-order valence-corrected chi connectivity index (χ1v) is 9.05. The minimum absolute atomic E-state index is 0.0819. The largest absolute Gasteiger partial charge is 0.322 e. The SMILES string of the molecule is Cc1ccc(S(N)(=O)=O)cc1NC(=O)/C=C\c1c(Cl)cccc1Cl. The Kier molecular flexibility index (Phi) is 5.66. The van der Waals surface area contributed by atoms with E-state index in [0.717, 1.165) is 0 Å². The van der Waals surface area contributed by atoms with Gasteiger partial charge in [0, 0.05) is 27.4 Å².